The fourth-order valence-electron chi connectivity index (χ4n) is 4.38. The molecule has 8 nitrogen and oxygen atoms in total. The molecule has 2 aliphatic heterocycles. The highest BCUT2D eigenvalue weighted by molar-refractivity contribution is 5.98. The number of likely N-dealkylation sites (tertiary alicyclic amines) is 1. The number of nitrogens with zero attached hydrogens (tertiary/aromatic N) is 3. The van der Waals surface area contributed by atoms with E-state index in [9.17, 15) is 14.4 Å². The molecule has 1 fully saturated rings. The zero-order chi connectivity index (χ0) is 22.9. The van der Waals surface area contributed by atoms with Crippen molar-refractivity contribution in [2.24, 2.45) is 5.92 Å². The molecule has 0 saturated carbocycles. The molecule has 1 atom stereocenters. The maximum Gasteiger partial charge on any atom is 0.268 e. The molecule has 1 amide bonds. The van der Waals surface area contributed by atoms with E-state index in [-0.39, 0.29) is 36.5 Å². The minimum Gasteiger partial charge on any atom is -0.454 e. The van der Waals surface area contributed by atoms with E-state index >= 15 is 0 Å². The molecular weight excluding hydrogens is 422 g/mol. The molecule has 0 spiro atoms. The van der Waals surface area contributed by atoms with Crippen LogP contribution in [0.15, 0.2) is 59.7 Å². The van der Waals surface area contributed by atoms with Crippen LogP contribution in [0, 0.1) is 12.8 Å². The summed E-state index contributed by atoms with van der Waals surface area (Å²) in [6, 6.07) is 12.2. The molecule has 3 aromatic rings. The first kappa shape index (κ1) is 20.9. The number of fused-ring (bicyclic) bond motifs is 1. The Bertz CT molecular complexity index is 1280. The summed E-state index contributed by atoms with van der Waals surface area (Å²) in [7, 11) is 0. The van der Waals surface area contributed by atoms with Gasteiger partial charge in [-0.15, -0.1) is 0 Å². The van der Waals surface area contributed by atoms with Gasteiger partial charge in [0.1, 0.15) is 11.3 Å². The number of ketones is 1. The number of carbonyl (C=O) groups excluding carboxylic acids is 2. The third-order valence-electron chi connectivity index (χ3n) is 6.15. The Morgan fingerprint density at radius 1 is 1.09 bits per heavy atom. The zero-order valence-electron chi connectivity index (χ0n) is 18.2. The quantitative estimate of drug-likeness (QED) is 0.574. The van der Waals surface area contributed by atoms with E-state index in [0.717, 1.165) is 0 Å². The summed E-state index contributed by atoms with van der Waals surface area (Å²) < 4.78 is 12.2. The average Bonchev–Trinajstić information content (AvgIpc) is 3.32. The second kappa shape index (κ2) is 8.54. The molecule has 33 heavy (non-hydrogen) atoms. The molecule has 168 valence electrons. The second-order valence-corrected chi connectivity index (χ2v) is 8.26. The first-order chi connectivity index (χ1) is 16.0. The van der Waals surface area contributed by atoms with Crippen molar-refractivity contribution in [1.29, 1.82) is 0 Å². The van der Waals surface area contributed by atoms with Crippen molar-refractivity contribution >= 4 is 11.7 Å². The van der Waals surface area contributed by atoms with Gasteiger partial charge in [-0.2, -0.15) is 0 Å². The first-order valence-corrected chi connectivity index (χ1v) is 10.9. The number of hydrogen-bond acceptors (Lipinski definition) is 6. The number of rotatable bonds is 4. The molecule has 1 saturated heterocycles. The van der Waals surface area contributed by atoms with E-state index in [1.807, 2.05) is 0 Å². The zero-order valence-corrected chi connectivity index (χ0v) is 18.2. The highest BCUT2D eigenvalue weighted by Crippen LogP contribution is 2.33. The number of ether oxygens (including phenoxy) is 2. The van der Waals surface area contributed by atoms with E-state index in [2.05, 4.69) is 4.98 Å². The van der Waals surface area contributed by atoms with Gasteiger partial charge in [-0.25, -0.2) is 0 Å². The number of hydrogen-bond donors (Lipinski definition) is 0. The lowest BCUT2D eigenvalue weighted by Gasteiger charge is -2.32. The van der Waals surface area contributed by atoms with E-state index in [0.29, 0.717) is 47.8 Å². The maximum atomic E-state index is 13.5. The van der Waals surface area contributed by atoms with Gasteiger partial charge >= 0.3 is 0 Å². The largest absolute Gasteiger partial charge is 0.454 e. The van der Waals surface area contributed by atoms with Crippen molar-refractivity contribution < 1.29 is 19.1 Å². The standard InChI is InChI=1S/C25H23N3O5/c1-16-9-12-28(18-7-8-20-21(13-18)33-15-32-20)25(31)22(16)24(30)27-11-4-5-17(14-27)23(29)19-6-2-3-10-26-19/h2-3,6-10,12-13,17H,4-5,11,14-15H2,1H3. The van der Waals surface area contributed by atoms with Crippen molar-refractivity contribution in [2.75, 3.05) is 19.9 Å². The molecular formula is C25H23N3O5. The van der Waals surface area contributed by atoms with Crippen LogP contribution in [0.3, 0.4) is 0 Å². The second-order valence-electron chi connectivity index (χ2n) is 8.26. The Morgan fingerprint density at radius 3 is 2.76 bits per heavy atom. The van der Waals surface area contributed by atoms with Gasteiger partial charge in [0.25, 0.3) is 11.5 Å². The predicted octanol–water partition coefficient (Wildman–Crippen LogP) is 3.00. The highest BCUT2D eigenvalue weighted by Gasteiger charge is 2.32. The SMILES string of the molecule is Cc1ccn(-c2ccc3c(c2)OCO3)c(=O)c1C(=O)N1CCCC(C(=O)c2ccccn2)C1. The molecule has 4 heterocycles. The number of piperidine rings is 1. The van der Waals surface area contributed by atoms with Crippen LogP contribution in [0.5, 0.6) is 11.5 Å². The Balaban J connectivity index is 1.43. The number of benzene rings is 1. The monoisotopic (exact) mass is 445 g/mol. The summed E-state index contributed by atoms with van der Waals surface area (Å²) in [5, 5.41) is 0. The van der Waals surface area contributed by atoms with Crippen LogP contribution in [0.1, 0.15) is 39.3 Å². The van der Waals surface area contributed by atoms with Gasteiger partial charge in [-0.05, 0) is 55.7 Å². The summed E-state index contributed by atoms with van der Waals surface area (Å²) >= 11 is 0. The molecule has 8 heteroatoms. The highest BCUT2D eigenvalue weighted by atomic mass is 16.7. The van der Waals surface area contributed by atoms with Crippen molar-refractivity contribution in [3.63, 3.8) is 0 Å². The Hall–Kier alpha value is -3.94. The fraction of sp³-hybridized carbons (Fsp3) is 0.280. The minimum atomic E-state index is -0.406. The minimum absolute atomic E-state index is 0.0735. The number of pyridine rings is 2. The molecule has 2 aromatic heterocycles. The predicted molar refractivity (Wildman–Crippen MR) is 120 cm³/mol. The van der Waals surface area contributed by atoms with Gasteiger partial charge in [0.15, 0.2) is 17.3 Å². The van der Waals surface area contributed by atoms with Gasteiger partial charge in [0.05, 0.1) is 5.69 Å². The van der Waals surface area contributed by atoms with Crippen LogP contribution in [0.2, 0.25) is 0 Å². The molecule has 0 N–H and O–H groups in total. The van der Waals surface area contributed by atoms with Crippen LogP contribution < -0.4 is 15.0 Å². The Labute approximate surface area is 190 Å². The smallest absolute Gasteiger partial charge is 0.268 e. The van der Waals surface area contributed by atoms with Crippen molar-refractivity contribution in [3.05, 3.63) is 82.0 Å². The topological polar surface area (TPSA) is 90.7 Å². The molecule has 1 aromatic carbocycles. The van der Waals surface area contributed by atoms with Gasteiger partial charge in [0.2, 0.25) is 6.79 Å². The molecule has 5 rings (SSSR count). The Morgan fingerprint density at radius 2 is 1.94 bits per heavy atom. The lowest BCUT2D eigenvalue weighted by Crippen LogP contribution is -2.44. The molecule has 0 bridgehead atoms. The van der Waals surface area contributed by atoms with Crippen LogP contribution in [-0.4, -0.2) is 46.0 Å². The lowest BCUT2D eigenvalue weighted by molar-refractivity contribution is 0.0633. The summed E-state index contributed by atoms with van der Waals surface area (Å²) in [5.74, 6) is 0.409. The summed E-state index contributed by atoms with van der Waals surface area (Å²) in [6.45, 7) is 2.66. The van der Waals surface area contributed by atoms with E-state index < -0.39 is 5.56 Å². The van der Waals surface area contributed by atoms with Crippen molar-refractivity contribution in [3.8, 4) is 17.2 Å². The van der Waals surface area contributed by atoms with E-state index in [4.69, 9.17) is 9.47 Å². The summed E-state index contributed by atoms with van der Waals surface area (Å²) in [6.07, 6.45) is 4.62. The molecule has 0 aliphatic carbocycles. The van der Waals surface area contributed by atoms with Crippen LogP contribution in [-0.2, 0) is 0 Å². The maximum absolute atomic E-state index is 13.5. The van der Waals surface area contributed by atoms with Gasteiger partial charge in [-0.1, -0.05) is 6.07 Å². The van der Waals surface area contributed by atoms with Gasteiger partial charge in [0, 0.05) is 37.5 Å². The third-order valence-corrected chi connectivity index (χ3v) is 6.15. The van der Waals surface area contributed by atoms with Crippen molar-refractivity contribution in [1.82, 2.24) is 14.5 Å². The van der Waals surface area contributed by atoms with Gasteiger partial charge in [-0.3, -0.25) is 23.9 Å². The normalized spacial score (nSPS) is 17.1. The van der Waals surface area contributed by atoms with Crippen LogP contribution in [0.25, 0.3) is 5.69 Å². The summed E-state index contributed by atoms with van der Waals surface area (Å²) in [5.41, 5.74) is 1.29. The van der Waals surface area contributed by atoms with Crippen LogP contribution >= 0.6 is 0 Å². The first-order valence-electron chi connectivity index (χ1n) is 10.9. The lowest BCUT2D eigenvalue weighted by atomic mass is 9.91. The van der Waals surface area contributed by atoms with E-state index in [1.54, 1.807) is 66.7 Å². The number of aromatic nitrogens is 2. The molecule has 1 unspecified atom stereocenters. The molecule has 0 radical (unpaired) electrons. The van der Waals surface area contributed by atoms with Crippen molar-refractivity contribution in [2.45, 2.75) is 19.8 Å². The third kappa shape index (κ3) is 3.88. The fourth-order valence-corrected chi connectivity index (χ4v) is 4.38. The van der Waals surface area contributed by atoms with Crippen LogP contribution in [0.4, 0.5) is 0 Å². The molecule has 2 aliphatic rings. The van der Waals surface area contributed by atoms with E-state index in [1.165, 1.54) is 4.57 Å². The number of Topliss-reactive ketones (excluding diaryl/α,β-unsaturated/α-hetero) is 1. The number of carbonyl (C=O) groups is 2. The number of amides is 1. The summed E-state index contributed by atoms with van der Waals surface area (Å²) in [4.78, 5) is 45.5. The Kier molecular flexibility index (Phi) is 5.42. The average molecular weight is 445 g/mol. The van der Waals surface area contributed by atoms with Gasteiger partial charge < -0.3 is 14.4 Å². The number of aryl methyl sites for hydroxylation is 1.